The Morgan fingerprint density at radius 3 is 2.78 bits per heavy atom. The summed E-state index contributed by atoms with van der Waals surface area (Å²) in [6.07, 6.45) is 0.853. The van der Waals surface area contributed by atoms with E-state index >= 15 is 0 Å². The molecular weight excluding hydrogens is 474 g/mol. The topological polar surface area (TPSA) is 28.9 Å². The number of likely N-dealkylation sites (N-methyl/N-ethyl adjacent to an activating group) is 1. The van der Waals surface area contributed by atoms with Crippen molar-refractivity contribution in [2.45, 2.75) is 26.0 Å². The first-order valence-electron chi connectivity index (χ1n) is 8.51. The van der Waals surface area contributed by atoms with Gasteiger partial charge in [0.2, 0.25) is 0 Å². The number of halogens is 4. The molecule has 4 nitrogen and oxygen atoms in total. The van der Waals surface area contributed by atoms with Crippen molar-refractivity contribution < 1.29 is 9.15 Å². The quantitative estimate of drug-likeness (QED) is 0.524. The van der Waals surface area contributed by atoms with Crippen molar-refractivity contribution >= 4 is 52.3 Å². The summed E-state index contributed by atoms with van der Waals surface area (Å²) in [5.41, 5.74) is 1.14. The molecule has 1 aliphatic heterocycles. The lowest BCUT2D eigenvalue weighted by Gasteiger charge is -2.22. The Hall–Kier alpha value is -0.430. The maximum Gasteiger partial charge on any atom is 0.139 e. The van der Waals surface area contributed by atoms with E-state index in [0.717, 1.165) is 54.2 Å². The second kappa shape index (κ2) is 10.9. The van der Waals surface area contributed by atoms with Crippen LogP contribution in [0.15, 0.2) is 33.2 Å². The molecule has 0 fully saturated rings. The van der Waals surface area contributed by atoms with Crippen LogP contribution in [0, 0.1) is 6.92 Å². The molecule has 1 aromatic carbocycles. The molecule has 0 amide bonds. The van der Waals surface area contributed by atoms with Gasteiger partial charge in [-0.15, -0.1) is 24.8 Å². The molecular formula is C19H26BrCl3N2O2. The number of furan rings is 1. The molecule has 1 unspecified atom stereocenters. The Morgan fingerprint density at radius 2 is 2.07 bits per heavy atom. The van der Waals surface area contributed by atoms with Crippen molar-refractivity contribution in [3.63, 3.8) is 0 Å². The maximum absolute atomic E-state index is 6.39. The van der Waals surface area contributed by atoms with Crippen molar-refractivity contribution in [3.8, 4) is 5.75 Å². The fraction of sp³-hybridized carbons (Fsp3) is 0.474. The second-order valence-electron chi connectivity index (χ2n) is 6.76. The predicted octanol–water partition coefficient (Wildman–Crippen LogP) is 5.73. The SMILES string of the molecule is Cc1cc2c(o1)CN(CCN(C)C)CCC2Oc1cccc(Br)c1Cl.Cl.Cl. The van der Waals surface area contributed by atoms with Crippen molar-refractivity contribution in [2.75, 3.05) is 33.7 Å². The molecule has 0 saturated heterocycles. The van der Waals surface area contributed by atoms with E-state index in [0.29, 0.717) is 10.8 Å². The first-order valence-corrected chi connectivity index (χ1v) is 9.68. The predicted molar refractivity (Wildman–Crippen MR) is 119 cm³/mol. The summed E-state index contributed by atoms with van der Waals surface area (Å²) in [5.74, 6) is 2.63. The zero-order valence-electron chi connectivity index (χ0n) is 15.7. The van der Waals surface area contributed by atoms with Crippen LogP contribution in [0.4, 0.5) is 0 Å². The van der Waals surface area contributed by atoms with Crippen molar-refractivity contribution in [3.05, 3.63) is 50.8 Å². The van der Waals surface area contributed by atoms with Gasteiger partial charge < -0.3 is 14.1 Å². The van der Waals surface area contributed by atoms with E-state index in [1.807, 2.05) is 25.1 Å². The van der Waals surface area contributed by atoms with Crippen molar-refractivity contribution in [1.82, 2.24) is 9.80 Å². The fourth-order valence-electron chi connectivity index (χ4n) is 3.10. The highest BCUT2D eigenvalue weighted by Crippen LogP contribution is 2.38. The molecule has 0 N–H and O–H groups in total. The maximum atomic E-state index is 6.39. The van der Waals surface area contributed by atoms with Gasteiger partial charge in [-0.25, -0.2) is 0 Å². The Bertz CT molecular complexity index is 740. The van der Waals surface area contributed by atoms with Gasteiger partial charge >= 0.3 is 0 Å². The third-order valence-corrected chi connectivity index (χ3v) is 5.71. The number of rotatable bonds is 5. The van der Waals surface area contributed by atoms with Gasteiger partial charge in [0.25, 0.3) is 0 Å². The average Bonchev–Trinajstić information content (AvgIpc) is 2.85. The summed E-state index contributed by atoms with van der Waals surface area (Å²) in [7, 11) is 4.20. The van der Waals surface area contributed by atoms with E-state index < -0.39 is 0 Å². The van der Waals surface area contributed by atoms with E-state index in [-0.39, 0.29) is 30.9 Å². The van der Waals surface area contributed by atoms with Crippen LogP contribution in [0.25, 0.3) is 0 Å². The molecule has 0 saturated carbocycles. The van der Waals surface area contributed by atoms with E-state index in [1.54, 1.807) is 0 Å². The number of nitrogens with zero attached hydrogens (tertiary/aromatic N) is 2. The van der Waals surface area contributed by atoms with Crippen LogP contribution in [0.1, 0.15) is 29.6 Å². The highest BCUT2D eigenvalue weighted by molar-refractivity contribution is 9.10. The number of hydrogen-bond acceptors (Lipinski definition) is 4. The van der Waals surface area contributed by atoms with Crippen LogP contribution >= 0.6 is 52.3 Å². The molecule has 0 bridgehead atoms. The van der Waals surface area contributed by atoms with Gasteiger partial charge in [0.1, 0.15) is 23.4 Å². The van der Waals surface area contributed by atoms with Gasteiger partial charge in [0.15, 0.2) is 0 Å². The summed E-state index contributed by atoms with van der Waals surface area (Å²) in [6, 6.07) is 7.86. The fourth-order valence-corrected chi connectivity index (χ4v) is 3.62. The number of fused-ring (bicyclic) bond motifs is 1. The molecule has 1 atom stereocenters. The Labute approximate surface area is 187 Å². The zero-order chi connectivity index (χ0) is 18.0. The smallest absolute Gasteiger partial charge is 0.139 e. The number of benzene rings is 1. The van der Waals surface area contributed by atoms with E-state index in [2.05, 4.69) is 45.9 Å². The summed E-state index contributed by atoms with van der Waals surface area (Å²) in [5, 5.41) is 0.609. The number of hydrogen-bond donors (Lipinski definition) is 0. The lowest BCUT2D eigenvalue weighted by atomic mass is 10.1. The second-order valence-corrected chi connectivity index (χ2v) is 7.99. The summed E-state index contributed by atoms with van der Waals surface area (Å²) >= 11 is 9.85. The number of ether oxygens (including phenoxy) is 1. The molecule has 152 valence electrons. The highest BCUT2D eigenvalue weighted by Gasteiger charge is 2.27. The molecule has 8 heteroatoms. The molecule has 2 heterocycles. The van der Waals surface area contributed by atoms with Gasteiger partial charge in [-0.3, -0.25) is 4.90 Å². The van der Waals surface area contributed by atoms with Crippen LogP contribution in [0.5, 0.6) is 5.75 Å². The molecule has 2 aromatic rings. The van der Waals surface area contributed by atoms with Crippen LogP contribution < -0.4 is 4.74 Å². The third kappa shape index (κ3) is 6.28. The standard InChI is InChI=1S/C19H24BrClN2O2.2ClH/c1-13-11-14-16(25-17-6-4-5-15(20)19(17)21)7-8-23(10-9-22(2)3)12-18(14)24-13;;/h4-6,11,16H,7-10,12H2,1-3H3;2*1H. The van der Waals surface area contributed by atoms with E-state index in [1.165, 1.54) is 0 Å². The summed E-state index contributed by atoms with van der Waals surface area (Å²) < 4.78 is 13.1. The Balaban J connectivity index is 0.00000182. The third-order valence-electron chi connectivity index (χ3n) is 4.44. The Kier molecular flexibility index (Phi) is 9.97. The molecule has 3 rings (SSSR count). The monoisotopic (exact) mass is 498 g/mol. The normalized spacial score (nSPS) is 16.9. The molecule has 0 radical (unpaired) electrons. The largest absolute Gasteiger partial charge is 0.484 e. The van der Waals surface area contributed by atoms with Crippen LogP contribution in [-0.2, 0) is 6.54 Å². The van der Waals surface area contributed by atoms with Gasteiger partial charge in [-0.05, 0) is 55.1 Å². The molecule has 0 aliphatic carbocycles. The number of aryl methyl sites for hydroxylation is 1. The van der Waals surface area contributed by atoms with Gasteiger partial charge in [0.05, 0.1) is 11.6 Å². The summed E-state index contributed by atoms with van der Waals surface area (Å²) in [6.45, 7) is 5.81. The zero-order valence-corrected chi connectivity index (χ0v) is 19.7. The molecule has 0 spiro atoms. The molecule has 27 heavy (non-hydrogen) atoms. The van der Waals surface area contributed by atoms with Gasteiger partial charge in [0, 0.05) is 36.1 Å². The minimum absolute atomic E-state index is 0. The highest BCUT2D eigenvalue weighted by atomic mass is 79.9. The first kappa shape index (κ1) is 24.6. The van der Waals surface area contributed by atoms with Crippen molar-refractivity contribution in [2.24, 2.45) is 0 Å². The Morgan fingerprint density at radius 1 is 1.33 bits per heavy atom. The van der Waals surface area contributed by atoms with Gasteiger partial charge in [-0.1, -0.05) is 17.7 Å². The summed E-state index contributed by atoms with van der Waals surface area (Å²) in [4.78, 5) is 4.63. The van der Waals surface area contributed by atoms with Crippen LogP contribution in [0.2, 0.25) is 5.02 Å². The average molecular weight is 501 g/mol. The molecule has 1 aromatic heterocycles. The van der Waals surface area contributed by atoms with E-state index in [4.69, 9.17) is 20.8 Å². The van der Waals surface area contributed by atoms with Crippen LogP contribution in [-0.4, -0.2) is 43.5 Å². The van der Waals surface area contributed by atoms with Crippen LogP contribution in [0.3, 0.4) is 0 Å². The van der Waals surface area contributed by atoms with E-state index in [9.17, 15) is 0 Å². The van der Waals surface area contributed by atoms with Gasteiger partial charge in [-0.2, -0.15) is 0 Å². The molecule has 1 aliphatic rings. The lowest BCUT2D eigenvalue weighted by Crippen LogP contribution is -2.31. The minimum Gasteiger partial charge on any atom is -0.484 e. The first-order chi connectivity index (χ1) is 11.9. The lowest BCUT2D eigenvalue weighted by molar-refractivity contribution is 0.168. The minimum atomic E-state index is -0.0522. The van der Waals surface area contributed by atoms with Crippen molar-refractivity contribution in [1.29, 1.82) is 0 Å².